The molecule has 2 aliphatic rings. The number of nitrogens with zero attached hydrogens (tertiary/aromatic N) is 1. The van der Waals surface area contributed by atoms with Crippen molar-refractivity contribution in [1.82, 2.24) is 15.8 Å². The van der Waals surface area contributed by atoms with Gasteiger partial charge in [0.1, 0.15) is 5.76 Å². The SMILES string of the molecule is CCCCc1cc(C[C@H]2CNCC[C@H]2CC(=O)NCc2ccc3c(c2)OCO3)no1. The number of hydrogen-bond donors (Lipinski definition) is 2. The summed E-state index contributed by atoms with van der Waals surface area (Å²) in [6, 6.07) is 7.86. The quantitative estimate of drug-likeness (QED) is 0.657. The number of piperidine rings is 1. The fourth-order valence-corrected chi connectivity index (χ4v) is 4.24. The van der Waals surface area contributed by atoms with Crippen molar-refractivity contribution in [1.29, 1.82) is 0 Å². The molecule has 1 saturated heterocycles. The van der Waals surface area contributed by atoms with Crippen LogP contribution in [0.15, 0.2) is 28.8 Å². The lowest BCUT2D eigenvalue weighted by Crippen LogP contribution is -2.40. The van der Waals surface area contributed by atoms with Gasteiger partial charge in [0.15, 0.2) is 11.5 Å². The van der Waals surface area contributed by atoms with Crippen molar-refractivity contribution in [2.24, 2.45) is 11.8 Å². The first kappa shape index (κ1) is 20.7. The molecule has 1 aromatic carbocycles. The Balaban J connectivity index is 1.28. The first-order valence-electron chi connectivity index (χ1n) is 11.0. The third-order valence-corrected chi connectivity index (χ3v) is 6.00. The van der Waals surface area contributed by atoms with E-state index in [0.717, 1.165) is 73.7 Å². The number of amides is 1. The third kappa shape index (κ3) is 5.33. The minimum atomic E-state index is 0.0911. The van der Waals surface area contributed by atoms with E-state index in [0.29, 0.717) is 24.8 Å². The summed E-state index contributed by atoms with van der Waals surface area (Å²) in [7, 11) is 0. The fraction of sp³-hybridized carbons (Fsp3) is 0.565. The van der Waals surface area contributed by atoms with E-state index in [-0.39, 0.29) is 12.7 Å². The molecule has 0 bridgehead atoms. The number of aromatic nitrogens is 1. The summed E-state index contributed by atoms with van der Waals surface area (Å²) in [4.78, 5) is 12.6. The van der Waals surface area contributed by atoms with Crippen LogP contribution < -0.4 is 20.1 Å². The van der Waals surface area contributed by atoms with Gasteiger partial charge in [-0.1, -0.05) is 24.6 Å². The zero-order valence-electron chi connectivity index (χ0n) is 17.6. The highest BCUT2D eigenvalue weighted by Crippen LogP contribution is 2.32. The van der Waals surface area contributed by atoms with Crippen LogP contribution in [-0.4, -0.2) is 30.9 Å². The molecule has 1 aromatic heterocycles. The highest BCUT2D eigenvalue weighted by molar-refractivity contribution is 5.76. The minimum Gasteiger partial charge on any atom is -0.454 e. The Morgan fingerprint density at radius 2 is 2.13 bits per heavy atom. The second-order valence-corrected chi connectivity index (χ2v) is 8.27. The molecule has 2 aromatic rings. The Kier molecular flexibility index (Phi) is 6.89. The minimum absolute atomic E-state index is 0.0911. The summed E-state index contributed by atoms with van der Waals surface area (Å²) < 4.78 is 16.2. The molecule has 2 N–H and O–H groups in total. The average molecular weight is 414 g/mol. The highest BCUT2D eigenvalue weighted by atomic mass is 16.7. The van der Waals surface area contributed by atoms with Gasteiger partial charge in [-0.05, 0) is 61.9 Å². The Labute approximate surface area is 177 Å². The number of rotatable bonds is 9. The molecule has 7 heteroatoms. The zero-order chi connectivity index (χ0) is 20.8. The zero-order valence-corrected chi connectivity index (χ0v) is 17.6. The van der Waals surface area contributed by atoms with Gasteiger partial charge in [-0.25, -0.2) is 0 Å². The maximum atomic E-state index is 12.6. The van der Waals surface area contributed by atoms with Crippen LogP contribution in [0.2, 0.25) is 0 Å². The van der Waals surface area contributed by atoms with Crippen LogP contribution >= 0.6 is 0 Å². The topological polar surface area (TPSA) is 85.6 Å². The van der Waals surface area contributed by atoms with Gasteiger partial charge in [0.2, 0.25) is 12.7 Å². The van der Waals surface area contributed by atoms with Gasteiger partial charge < -0.3 is 24.6 Å². The molecule has 7 nitrogen and oxygen atoms in total. The second kappa shape index (κ2) is 9.98. The Hall–Kier alpha value is -2.54. The lowest BCUT2D eigenvalue weighted by atomic mass is 9.81. The van der Waals surface area contributed by atoms with E-state index < -0.39 is 0 Å². The molecule has 4 rings (SSSR count). The maximum absolute atomic E-state index is 12.6. The number of nitrogens with one attached hydrogen (secondary N) is 2. The monoisotopic (exact) mass is 413 g/mol. The maximum Gasteiger partial charge on any atom is 0.231 e. The highest BCUT2D eigenvalue weighted by Gasteiger charge is 2.28. The Morgan fingerprint density at radius 1 is 1.23 bits per heavy atom. The van der Waals surface area contributed by atoms with Gasteiger partial charge in [0.05, 0.1) is 5.69 Å². The molecule has 162 valence electrons. The third-order valence-electron chi connectivity index (χ3n) is 6.00. The summed E-state index contributed by atoms with van der Waals surface area (Å²) in [5, 5.41) is 10.8. The largest absolute Gasteiger partial charge is 0.454 e. The number of aryl methyl sites for hydroxylation is 1. The fourth-order valence-electron chi connectivity index (χ4n) is 4.24. The molecule has 2 atom stereocenters. The van der Waals surface area contributed by atoms with Crippen molar-refractivity contribution in [3.8, 4) is 11.5 Å². The van der Waals surface area contributed by atoms with Crippen LogP contribution in [0.4, 0.5) is 0 Å². The summed E-state index contributed by atoms with van der Waals surface area (Å²) in [5.41, 5.74) is 2.01. The number of hydrogen-bond acceptors (Lipinski definition) is 6. The van der Waals surface area contributed by atoms with Crippen LogP contribution in [0.5, 0.6) is 11.5 Å². The smallest absolute Gasteiger partial charge is 0.231 e. The second-order valence-electron chi connectivity index (χ2n) is 8.27. The Morgan fingerprint density at radius 3 is 3.03 bits per heavy atom. The molecule has 0 spiro atoms. The molecule has 3 heterocycles. The van der Waals surface area contributed by atoms with Crippen molar-refractivity contribution >= 4 is 5.91 Å². The van der Waals surface area contributed by atoms with Gasteiger partial charge in [0.25, 0.3) is 0 Å². The van der Waals surface area contributed by atoms with Crippen molar-refractivity contribution < 1.29 is 18.8 Å². The van der Waals surface area contributed by atoms with Crippen LogP contribution in [0, 0.1) is 11.8 Å². The van der Waals surface area contributed by atoms with Crippen molar-refractivity contribution in [3.63, 3.8) is 0 Å². The number of carbonyl (C=O) groups is 1. The Bertz CT molecular complexity index is 851. The van der Waals surface area contributed by atoms with E-state index in [1.165, 1.54) is 0 Å². The van der Waals surface area contributed by atoms with Gasteiger partial charge in [-0.3, -0.25) is 4.79 Å². The molecular weight excluding hydrogens is 382 g/mol. The van der Waals surface area contributed by atoms with Gasteiger partial charge in [-0.2, -0.15) is 0 Å². The van der Waals surface area contributed by atoms with Crippen molar-refractivity contribution in [2.45, 2.75) is 52.0 Å². The summed E-state index contributed by atoms with van der Waals surface area (Å²) in [6.45, 7) is 4.80. The van der Waals surface area contributed by atoms with Crippen LogP contribution in [0.3, 0.4) is 0 Å². The molecule has 0 radical (unpaired) electrons. The van der Waals surface area contributed by atoms with Crippen LogP contribution in [0.1, 0.15) is 49.6 Å². The van der Waals surface area contributed by atoms with Gasteiger partial charge >= 0.3 is 0 Å². The first-order valence-corrected chi connectivity index (χ1v) is 11.0. The molecule has 2 aliphatic heterocycles. The molecule has 30 heavy (non-hydrogen) atoms. The van der Waals surface area contributed by atoms with E-state index in [4.69, 9.17) is 14.0 Å². The van der Waals surface area contributed by atoms with E-state index in [1.807, 2.05) is 18.2 Å². The summed E-state index contributed by atoms with van der Waals surface area (Å²) in [6.07, 6.45) is 5.60. The lowest BCUT2D eigenvalue weighted by molar-refractivity contribution is -0.122. The van der Waals surface area contributed by atoms with E-state index in [1.54, 1.807) is 0 Å². The summed E-state index contributed by atoms with van der Waals surface area (Å²) >= 11 is 0. The molecule has 0 unspecified atom stereocenters. The van der Waals surface area contributed by atoms with Crippen LogP contribution in [0.25, 0.3) is 0 Å². The number of carbonyl (C=O) groups excluding carboxylic acids is 1. The molecular formula is C23H31N3O4. The van der Waals surface area contributed by atoms with Crippen LogP contribution in [-0.2, 0) is 24.2 Å². The number of fused-ring (bicyclic) bond motifs is 1. The van der Waals surface area contributed by atoms with E-state index in [9.17, 15) is 4.79 Å². The van der Waals surface area contributed by atoms with E-state index in [2.05, 4.69) is 28.8 Å². The van der Waals surface area contributed by atoms with Gasteiger partial charge in [-0.15, -0.1) is 0 Å². The van der Waals surface area contributed by atoms with Gasteiger partial charge in [0, 0.05) is 25.5 Å². The predicted octanol–water partition coefficient (Wildman–Crippen LogP) is 3.22. The number of benzene rings is 1. The number of unbranched alkanes of at least 4 members (excludes halogenated alkanes) is 1. The molecule has 1 fully saturated rings. The standard InChI is InChI=1S/C23H31N3O4/c1-2-3-4-20-12-19(26-30-20)10-18-14-24-8-7-17(18)11-23(27)25-13-16-5-6-21-22(9-16)29-15-28-21/h5-6,9,12,17-18,24H,2-4,7-8,10-11,13-15H2,1H3,(H,25,27)/t17-,18-/m0/s1. The lowest BCUT2D eigenvalue weighted by Gasteiger charge is -2.31. The number of ether oxygens (including phenoxy) is 2. The first-order chi connectivity index (χ1) is 14.7. The van der Waals surface area contributed by atoms with Crippen molar-refractivity contribution in [3.05, 3.63) is 41.3 Å². The molecule has 0 aliphatic carbocycles. The van der Waals surface area contributed by atoms with E-state index >= 15 is 0 Å². The molecule has 1 amide bonds. The average Bonchev–Trinajstić information content (AvgIpc) is 3.41. The van der Waals surface area contributed by atoms with Crippen molar-refractivity contribution in [2.75, 3.05) is 19.9 Å². The molecule has 0 saturated carbocycles. The normalized spacial score (nSPS) is 20.3. The predicted molar refractivity (Wildman–Crippen MR) is 112 cm³/mol. The summed E-state index contributed by atoms with van der Waals surface area (Å²) in [5.74, 6) is 3.29.